The average Bonchev–Trinajstić information content (AvgIpc) is 2.86. The second-order valence-electron chi connectivity index (χ2n) is 5.04. The van der Waals surface area contributed by atoms with Crippen LogP contribution in [-0.2, 0) is 20.6 Å². The summed E-state index contributed by atoms with van der Waals surface area (Å²) in [6.07, 6.45) is 6.29. The Bertz CT molecular complexity index is 842. The monoisotopic (exact) mass is 364 g/mol. The molecule has 0 N–H and O–H groups in total. The second kappa shape index (κ2) is 6.44. The van der Waals surface area contributed by atoms with Gasteiger partial charge in [0.15, 0.2) is 0 Å². The molecule has 0 radical (unpaired) electrons. The van der Waals surface area contributed by atoms with Gasteiger partial charge in [0.25, 0.3) is 0 Å². The molecule has 0 bridgehead atoms. The van der Waals surface area contributed by atoms with Crippen molar-refractivity contribution in [1.29, 1.82) is 0 Å². The minimum absolute atomic E-state index is 0. The SMILES string of the molecule is [Cl-].[Cl-].[Cr+2][C]1(c2cccc3cccnc23)C=Cc2ccccc21. The van der Waals surface area contributed by atoms with E-state index >= 15 is 0 Å². The summed E-state index contributed by atoms with van der Waals surface area (Å²) in [5.74, 6) is 0. The molecule has 0 fully saturated rings. The standard InChI is InChI=1S/C18H12N.2ClH.Cr/c1-2-8-15-13(5-1)10-11-16(15)17-9-3-6-14-7-4-12-19-18(14)17;;;/h1-12H;2*1H;/q;;;+2/p-2. The summed E-state index contributed by atoms with van der Waals surface area (Å²) in [6.45, 7) is 0. The van der Waals surface area contributed by atoms with Crippen LogP contribution in [0.25, 0.3) is 17.0 Å². The number of fused-ring (bicyclic) bond motifs is 2. The van der Waals surface area contributed by atoms with Crippen LogP contribution in [0.3, 0.4) is 0 Å². The van der Waals surface area contributed by atoms with E-state index in [0.717, 1.165) is 5.52 Å². The van der Waals surface area contributed by atoms with Gasteiger partial charge in [0.05, 0.1) is 0 Å². The zero-order valence-corrected chi connectivity index (χ0v) is 14.3. The zero-order valence-electron chi connectivity index (χ0n) is 11.5. The normalized spacial score (nSPS) is 18.3. The fraction of sp³-hybridized carbons (Fsp3) is 0.0556. The molecule has 0 saturated heterocycles. The number of rotatable bonds is 1. The Balaban J connectivity index is 0.000000882. The van der Waals surface area contributed by atoms with Gasteiger partial charge < -0.3 is 24.8 Å². The number of hydrogen-bond acceptors (Lipinski definition) is 1. The molecular formula is C18H12Cl2CrN. The number of hydrogen-bond donors (Lipinski definition) is 0. The molecule has 2 aromatic carbocycles. The summed E-state index contributed by atoms with van der Waals surface area (Å²) in [7, 11) is 0. The molecule has 1 atom stereocenters. The second-order valence-corrected chi connectivity index (χ2v) is 6.04. The van der Waals surface area contributed by atoms with Crippen LogP contribution in [0.5, 0.6) is 0 Å². The molecule has 1 aliphatic carbocycles. The molecule has 4 heteroatoms. The molecule has 1 nitrogen and oxygen atoms in total. The number of aromatic nitrogens is 1. The Morgan fingerprint density at radius 2 is 1.55 bits per heavy atom. The summed E-state index contributed by atoms with van der Waals surface area (Å²) in [6, 6.07) is 19.0. The number of benzene rings is 2. The first-order valence-corrected chi connectivity index (χ1v) is 7.26. The third kappa shape index (κ3) is 2.47. The number of halogens is 2. The fourth-order valence-corrected chi connectivity index (χ4v) is 3.57. The Morgan fingerprint density at radius 1 is 0.818 bits per heavy atom. The molecule has 0 amide bonds. The van der Waals surface area contributed by atoms with Crippen molar-refractivity contribution in [3.63, 3.8) is 0 Å². The van der Waals surface area contributed by atoms with E-state index in [9.17, 15) is 0 Å². The quantitative estimate of drug-likeness (QED) is 0.489. The van der Waals surface area contributed by atoms with Gasteiger partial charge in [0, 0.05) is 0 Å². The van der Waals surface area contributed by atoms with Gasteiger partial charge in [-0.2, -0.15) is 0 Å². The van der Waals surface area contributed by atoms with Crippen LogP contribution in [0.2, 0.25) is 0 Å². The van der Waals surface area contributed by atoms with Crippen LogP contribution in [0.1, 0.15) is 16.7 Å². The predicted octanol–water partition coefficient (Wildman–Crippen LogP) is -1.94. The molecule has 1 unspecified atom stereocenters. The Kier molecular flexibility index (Phi) is 5.00. The Hall–Kier alpha value is -1.30. The van der Waals surface area contributed by atoms with E-state index in [1.807, 2.05) is 12.3 Å². The molecule has 4 rings (SSSR count). The first-order chi connectivity index (χ1) is 9.79. The molecule has 22 heavy (non-hydrogen) atoms. The molecule has 109 valence electrons. The maximum absolute atomic E-state index is 4.59. The molecule has 0 aliphatic heterocycles. The van der Waals surface area contributed by atoms with Gasteiger partial charge in [-0.1, -0.05) is 0 Å². The van der Waals surface area contributed by atoms with Crippen LogP contribution in [0, 0.1) is 0 Å². The van der Waals surface area contributed by atoms with Gasteiger partial charge in [0.1, 0.15) is 0 Å². The third-order valence-corrected chi connectivity index (χ3v) is 4.79. The van der Waals surface area contributed by atoms with Crippen LogP contribution >= 0.6 is 0 Å². The number of para-hydroxylation sites is 1. The van der Waals surface area contributed by atoms with Gasteiger partial charge in [-0.25, -0.2) is 0 Å². The van der Waals surface area contributed by atoms with Crippen molar-refractivity contribution in [1.82, 2.24) is 4.98 Å². The number of nitrogens with zero attached hydrogens (tertiary/aromatic N) is 1. The first kappa shape index (κ1) is 17.1. The van der Waals surface area contributed by atoms with Gasteiger partial charge in [-0.05, 0) is 0 Å². The van der Waals surface area contributed by atoms with Crippen molar-refractivity contribution in [3.05, 3.63) is 83.6 Å². The average molecular weight is 365 g/mol. The van der Waals surface area contributed by atoms with Crippen LogP contribution in [0.4, 0.5) is 0 Å². The molecule has 3 aromatic rings. The molecular weight excluding hydrogens is 353 g/mol. The summed E-state index contributed by atoms with van der Waals surface area (Å²) < 4.78 is -0.218. The van der Waals surface area contributed by atoms with E-state index in [-0.39, 0.29) is 29.1 Å². The van der Waals surface area contributed by atoms with E-state index in [2.05, 4.69) is 82.0 Å². The predicted molar refractivity (Wildman–Crippen MR) is 78.0 cm³/mol. The van der Waals surface area contributed by atoms with E-state index in [1.165, 1.54) is 22.1 Å². The van der Waals surface area contributed by atoms with E-state index in [4.69, 9.17) is 0 Å². The van der Waals surface area contributed by atoms with Crippen molar-refractivity contribution >= 4 is 17.0 Å². The van der Waals surface area contributed by atoms with Crippen LogP contribution < -0.4 is 24.8 Å². The Morgan fingerprint density at radius 3 is 2.41 bits per heavy atom. The van der Waals surface area contributed by atoms with Crippen LogP contribution in [-0.4, -0.2) is 4.98 Å². The van der Waals surface area contributed by atoms with E-state index < -0.39 is 0 Å². The molecule has 1 aromatic heterocycles. The summed E-state index contributed by atoms with van der Waals surface area (Å²) in [4.78, 5) is 4.59. The van der Waals surface area contributed by atoms with E-state index in [1.54, 1.807) is 0 Å². The summed E-state index contributed by atoms with van der Waals surface area (Å²) in [5.41, 5.74) is 4.87. The van der Waals surface area contributed by atoms with Gasteiger partial charge in [-0.3, -0.25) is 0 Å². The molecule has 1 heterocycles. The van der Waals surface area contributed by atoms with Crippen molar-refractivity contribution in [2.45, 2.75) is 4.28 Å². The summed E-state index contributed by atoms with van der Waals surface area (Å²) in [5, 5.41) is 1.18. The molecule has 0 spiro atoms. The fourth-order valence-electron chi connectivity index (χ4n) is 2.92. The molecule has 1 aliphatic rings. The van der Waals surface area contributed by atoms with Crippen LogP contribution in [0.15, 0.2) is 66.9 Å². The number of pyridine rings is 1. The number of allylic oxidation sites excluding steroid dienone is 1. The van der Waals surface area contributed by atoms with Gasteiger partial charge in [0.2, 0.25) is 0 Å². The van der Waals surface area contributed by atoms with Gasteiger partial charge in [-0.15, -0.1) is 0 Å². The molecule has 0 saturated carbocycles. The minimum atomic E-state index is -0.218. The van der Waals surface area contributed by atoms with Gasteiger partial charge >= 0.3 is 126 Å². The third-order valence-electron chi connectivity index (χ3n) is 3.89. The van der Waals surface area contributed by atoms with Crippen molar-refractivity contribution in [2.75, 3.05) is 0 Å². The first-order valence-electron chi connectivity index (χ1n) is 6.62. The summed E-state index contributed by atoms with van der Waals surface area (Å²) >= 11 is 3.39. The van der Waals surface area contributed by atoms with Crippen molar-refractivity contribution in [3.8, 4) is 0 Å². The van der Waals surface area contributed by atoms with Crippen molar-refractivity contribution < 1.29 is 41.1 Å². The maximum atomic E-state index is 4.59. The van der Waals surface area contributed by atoms with Crippen molar-refractivity contribution in [2.24, 2.45) is 0 Å². The zero-order chi connectivity index (χ0) is 13.6. The van der Waals surface area contributed by atoms with E-state index in [0.29, 0.717) is 0 Å². The Labute approximate surface area is 150 Å². The topological polar surface area (TPSA) is 12.9 Å².